The maximum absolute atomic E-state index is 5.85. The molecular formula is C25H34IN5O2. The van der Waals surface area contributed by atoms with Gasteiger partial charge in [-0.2, -0.15) is 5.10 Å². The van der Waals surface area contributed by atoms with Crippen molar-refractivity contribution in [1.82, 2.24) is 20.4 Å². The van der Waals surface area contributed by atoms with Crippen LogP contribution < -0.4 is 20.1 Å². The standard InChI is InChI=1S/C25H33N5O2.HI/c1-3-26-25(28-19-22-15-17-29-30(22)2)27-16-7-8-18-31-23-11-13-24(14-12-23)32-20-21-9-5-4-6-10-21;/h4-6,9-15,17H,3,7-8,16,18-20H2,1-2H3,(H2,26,27,28);1H. The SMILES string of the molecule is CCNC(=NCc1ccnn1C)NCCCCOc1ccc(OCc2ccccc2)cc1.I. The van der Waals surface area contributed by atoms with E-state index in [0.29, 0.717) is 19.8 Å². The molecule has 33 heavy (non-hydrogen) atoms. The zero-order valence-corrected chi connectivity index (χ0v) is 21.7. The zero-order chi connectivity index (χ0) is 22.4. The van der Waals surface area contributed by atoms with Gasteiger partial charge in [0, 0.05) is 26.3 Å². The molecular weight excluding hydrogens is 529 g/mol. The van der Waals surface area contributed by atoms with Gasteiger partial charge in [-0.05, 0) is 55.7 Å². The van der Waals surface area contributed by atoms with Crippen LogP contribution in [0.2, 0.25) is 0 Å². The normalized spacial score (nSPS) is 10.9. The maximum Gasteiger partial charge on any atom is 0.191 e. The minimum atomic E-state index is 0. The van der Waals surface area contributed by atoms with E-state index in [9.17, 15) is 0 Å². The molecule has 0 fully saturated rings. The summed E-state index contributed by atoms with van der Waals surface area (Å²) in [5, 5.41) is 10.8. The summed E-state index contributed by atoms with van der Waals surface area (Å²) < 4.78 is 13.5. The number of rotatable bonds is 12. The van der Waals surface area contributed by atoms with Crippen molar-refractivity contribution in [3.8, 4) is 11.5 Å². The lowest BCUT2D eigenvalue weighted by Crippen LogP contribution is -2.37. The largest absolute Gasteiger partial charge is 0.494 e. The van der Waals surface area contributed by atoms with Crippen molar-refractivity contribution in [2.75, 3.05) is 19.7 Å². The molecule has 178 valence electrons. The molecule has 0 aliphatic carbocycles. The Morgan fingerprint density at radius 1 is 0.939 bits per heavy atom. The van der Waals surface area contributed by atoms with Crippen molar-refractivity contribution in [2.45, 2.75) is 32.9 Å². The quantitative estimate of drug-likeness (QED) is 0.147. The first kappa shape index (κ1) is 26.5. The third kappa shape index (κ3) is 9.73. The monoisotopic (exact) mass is 563 g/mol. The second kappa shape index (κ2) is 15.2. The number of guanidine groups is 1. The Balaban J connectivity index is 0.00000385. The maximum atomic E-state index is 5.85. The Bertz CT molecular complexity index is 945. The Hall–Kier alpha value is -2.75. The number of nitrogens with one attached hydrogen (secondary N) is 2. The van der Waals surface area contributed by atoms with Crippen LogP contribution in [0.1, 0.15) is 31.0 Å². The third-order valence-corrected chi connectivity index (χ3v) is 4.87. The number of unbranched alkanes of at least 4 members (excludes halogenated alkanes) is 1. The van der Waals surface area contributed by atoms with E-state index in [1.165, 1.54) is 0 Å². The van der Waals surface area contributed by atoms with Gasteiger partial charge in [-0.1, -0.05) is 30.3 Å². The van der Waals surface area contributed by atoms with E-state index in [-0.39, 0.29) is 24.0 Å². The first-order valence-electron chi connectivity index (χ1n) is 11.1. The van der Waals surface area contributed by atoms with Crippen LogP contribution in [0.5, 0.6) is 11.5 Å². The summed E-state index contributed by atoms with van der Waals surface area (Å²) in [6.07, 6.45) is 3.74. The van der Waals surface area contributed by atoms with Crippen molar-refractivity contribution in [1.29, 1.82) is 0 Å². The molecule has 0 saturated carbocycles. The van der Waals surface area contributed by atoms with Crippen molar-refractivity contribution >= 4 is 29.9 Å². The highest BCUT2D eigenvalue weighted by Crippen LogP contribution is 2.19. The lowest BCUT2D eigenvalue weighted by Gasteiger charge is -2.12. The fraction of sp³-hybridized carbons (Fsp3) is 0.360. The van der Waals surface area contributed by atoms with Crippen molar-refractivity contribution < 1.29 is 9.47 Å². The van der Waals surface area contributed by atoms with Crippen LogP contribution in [0.4, 0.5) is 0 Å². The molecule has 0 atom stereocenters. The summed E-state index contributed by atoms with van der Waals surface area (Å²) in [5.41, 5.74) is 2.23. The summed E-state index contributed by atoms with van der Waals surface area (Å²) >= 11 is 0. The van der Waals surface area contributed by atoms with Gasteiger partial charge in [0.2, 0.25) is 0 Å². The number of hydrogen-bond donors (Lipinski definition) is 2. The number of aliphatic imine (C=N–C) groups is 1. The number of ether oxygens (including phenoxy) is 2. The van der Waals surface area contributed by atoms with Gasteiger partial charge in [-0.3, -0.25) is 4.68 Å². The molecule has 3 aromatic rings. The molecule has 0 spiro atoms. The van der Waals surface area contributed by atoms with E-state index < -0.39 is 0 Å². The fourth-order valence-corrected chi connectivity index (χ4v) is 3.06. The highest BCUT2D eigenvalue weighted by Gasteiger charge is 2.01. The molecule has 0 unspecified atom stereocenters. The fourth-order valence-electron chi connectivity index (χ4n) is 3.06. The van der Waals surface area contributed by atoms with Gasteiger partial charge in [0.05, 0.1) is 18.8 Å². The summed E-state index contributed by atoms with van der Waals surface area (Å²) in [6, 6.07) is 19.9. The van der Waals surface area contributed by atoms with Crippen LogP contribution in [-0.4, -0.2) is 35.4 Å². The molecule has 0 bridgehead atoms. The van der Waals surface area contributed by atoms with Gasteiger partial charge < -0.3 is 20.1 Å². The summed E-state index contributed by atoms with van der Waals surface area (Å²) in [4.78, 5) is 4.62. The van der Waals surface area contributed by atoms with Gasteiger partial charge in [0.15, 0.2) is 5.96 Å². The van der Waals surface area contributed by atoms with Gasteiger partial charge in [0.25, 0.3) is 0 Å². The van der Waals surface area contributed by atoms with Gasteiger partial charge in [0.1, 0.15) is 18.1 Å². The Labute approximate surface area is 213 Å². The third-order valence-electron chi connectivity index (χ3n) is 4.87. The molecule has 3 rings (SSSR count). The molecule has 0 amide bonds. The molecule has 0 radical (unpaired) electrons. The number of benzene rings is 2. The number of nitrogens with zero attached hydrogens (tertiary/aromatic N) is 3. The Kier molecular flexibility index (Phi) is 12.2. The van der Waals surface area contributed by atoms with Crippen molar-refractivity contribution in [3.63, 3.8) is 0 Å². The van der Waals surface area contributed by atoms with Gasteiger partial charge in [-0.25, -0.2) is 4.99 Å². The molecule has 2 N–H and O–H groups in total. The average molecular weight is 563 g/mol. The van der Waals surface area contributed by atoms with Gasteiger partial charge >= 0.3 is 0 Å². The van der Waals surface area contributed by atoms with E-state index in [4.69, 9.17) is 9.47 Å². The van der Waals surface area contributed by atoms with Gasteiger partial charge in [-0.15, -0.1) is 24.0 Å². The molecule has 0 saturated heterocycles. The van der Waals surface area contributed by atoms with Crippen molar-refractivity contribution in [2.24, 2.45) is 12.0 Å². The van der Waals surface area contributed by atoms with Crippen LogP contribution >= 0.6 is 24.0 Å². The minimum Gasteiger partial charge on any atom is -0.494 e. The van der Waals surface area contributed by atoms with Crippen LogP contribution in [0, 0.1) is 0 Å². The summed E-state index contributed by atoms with van der Waals surface area (Å²) in [5.74, 6) is 2.52. The predicted octanol–water partition coefficient (Wildman–Crippen LogP) is 4.53. The molecule has 2 aromatic carbocycles. The topological polar surface area (TPSA) is 72.7 Å². The second-order valence-corrected chi connectivity index (χ2v) is 7.37. The molecule has 0 aliphatic rings. The van der Waals surface area contributed by atoms with E-state index in [1.807, 2.05) is 60.3 Å². The number of aromatic nitrogens is 2. The highest BCUT2D eigenvalue weighted by atomic mass is 127. The zero-order valence-electron chi connectivity index (χ0n) is 19.4. The van der Waals surface area contributed by atoms with E-state index >= 15 is 0 Å². The first-order valence-corrected chi connectivity index (χ1v) is 11.1. The minimum absolute atomic E-state index is 0. The molecule has 1 aromatic heterocycles. The first-order chi connectivity index (χ1) is 15.7. The lowest BCUT2D eigenvalue weighted by molar-refractivity contribution is 0.298. The Morgan fingerprint density at radius 2 is 1.67 bits per heavy atom. The summed E-state index contributed by atoms with van der Waals surface area (Å²) in [6.45, 7) is 5.56. The average Bonchev–Trinajstić information content (AvgIpc) is 3.24. The van der Waals surface area contributed by atoms with Crippen LogP contribution in [-0.2, 0) is 20.2 Å². The van der Waals surface area contributed by atoms with E-state index in [2.05, 4.69) is 39.8 Å². The predicted molar refractivity (Wildman–Crippen MR) is 143 cm³/mol. The number of hydrogen-bond acceptors (Lipinski definition) is 4. The molecule has 7 nitrogen and oxygen atoms in total. The smallest absolute Gasteiger partial charge is 0.191 e. The molecule has 1 heterocycles. The molecule has 8 heteroatoms. The van der Waals surface area contributed by atoms with E-state index in [0.717, 1.165) is 54.6 Å². The van der Waals surface area contributed by atoms with E-state index in [1.54, 1.807) is 6.20 Å². The summed E-state index contributed by atoms with van der Waals surface area (Å²) in [7, 11) is 1.93. The highest BCUT2D eigenvalue weighted by molar-refractivity contribution is 14.0. The van der Waals surface area contributed by atoms with Crippen LogP contribution in [0.3, 0.4) is 0 Å². The second-order valence-electron chi connectivity index (χ2n) is 7.37. The number of halogens is 1. The number of aryl methyl sites for hydroxylation is 1. The lowest BCUT2D eigenvalue weighted by atomic mass is 10.2. The van der Waals surface area contributed by atoms with Crippen LogP contribution in [0.25, 0.3) is 0 Å². The Morgan fingerprint density at radius 3 is 2.33 bits per heavy atom. The van der Waals surface area contributed by atoms with Crippen LogP contribution in [0.15, 0.2) is 71.9 Å². The molecule has 0 aliphatic heterocycles. The van der Waals surface area contributed by atoms with Crippen molar-refractivity contribution in [3.05, 3.63) is 78.1 Å².